The van der Waals surface area contributed by atoms with Crippen molar-refractivity contribution in [2.75, 3.05) is 33.0 Å². The Morgan fingerprint density at radius 2 is 1.02 bits per heavy atom. The van der Waals surface area contributed by atoms with Crippen LogP contribution in [0.25, 0.3) is 0 Å². The second-order valence-corrected chi connectivity index (χ2v) is 31.5. The molecule has 11 aliphatic rings. The molecular weight excluding hydrogens is 1280 g/mol. The molecule has 0 unspecified atom stereocenters. The Hall–Kier alpha value is -1.95. The molecule has 6 heterocycles. The van der Waals surface area contributed by atoms with E-state index in [2.05, 4.69) is 54.5 Å². The first-order valence-electron chi connectivity index (χ1n) is 34.1. The summed E-state index contributed by atoms with van der Waals surface area (Å²) in [4.78, 5) is 15.2. The number of ether oxygens (including phenoxy) is 12. The second-order valence-electron chi connectivity index (χ2n) is 31.5. The lowest BCUT2D eigenvalue weighted by molar-refractivity contribution is -0.390. The Balaban J connectivity index is 0.762. The maximum Gasteiger partial charge on any atom is 0.315 e. The summed E-state index contributed by atoms with van der Waals surface area (Å²) in [6.45, 7) is 13.9. The molecular formula is C65H106O31. The second kappa shape index (κ2) is 28.3. The molecule has 31 nitrogen and oxygen atoms in total. The van der Waals surface area contributed by atoms with Crippen LogP contribution >= 0.6 is 0 Å². The Morgan fingerprint density at radius 1 is 0.490 bits per heavy atom. The van der Waals surface area contributed by atoms with Gasteiger partial charge in [-0.3, -0.25) is 4.79 Å². The topological polar surface area (TPSA) is 492 Å². The molecule has 96 heavy (non-hydrogen) atoms. The van der Waals surface area contributed by atoms with Gasteiger partial charge in [-0.25, -0.2) is 0 Å². The Bertz CT molecular complexity index is 2690. The molecule has 5 aliphatic carbocycles. The van der Waals surface area contributed by atoms with Crippen molar-refractivity contribution in [3.8, 4) is 0 Å². The largest absolute Gasteiger partial charge is 0.432 e. The van der Waals surface area contributed by atoms with E-state index in [1.807, 2.05) is 0 Å². The van der Waals surface area contributed by atoms with Gasteiger partial charge in [-0.15, -0.1) is 0 Å². The van der Waals surface area contributed by atoms with E-state index < -0.39 is 227 Å². The minimum absolute atomic E-state index is 0.0759. The van der Waals surface area contributed by atoms with Crippen LogP contribution in [-0.4, -0.2) is 315 Å². The zero-order chi connectivity index (χ0) is 70.0. The molecule has 31 heteroatoms. The van der Waals surface area contributed by atoms with E-state index in [1.54, 1.807) is 0 Å². The minimum Gasteiger partial charge on any atom is -0.432 e. The van der Waals surface area contributed by atoms with Crippen LogP contribution in [0.15, 0.2) is 11.6 Å². The summed E-state index contributed by atoms with van der Waals surface area (Å²) in [6, 6.07) is 0. The molecule has 6 aliphatic heterocycles. The fourth-order valence-electron chi connectivity index (χ4n) is 19.0. The van der Waals surface area contributed by atoms with E-state index in [4.69, 9.17) is 56.8 Å². The van der Waals surface area contributed by atoms with Crippen LogP contribution in [0.3, 0.4) is 0 Å². The maximum absolute atomic E-state index is 15.2. The van der Waals surface area contributed by atoms with Gasteiger partial charge < -0.3 is 149 Å². The number of hydrogen-bond acceptors (Lipinski definition) is 31. The van der Waals surface area contributed by atoms with Crippen LogP contribution in [0.4, 0.5) is 0 Å². The number of aliphatic hydroxyl groups excluding tert-OH is 18. The number of fused-ring (bicyclic) bond motifs is 7. The Morgan fingerprint density at radius 3 is 1.66 bits per heavy atom. The van der Waals surface area contributed by atoms with E-state index in [0.29, 0.717) is 44.9 Å². The Kier molecular flexibility index (Phi) is 22.1. The number of esters is 1. The first-order chi connectivity index (χ1) is 45.0. The summed E-state index contributed by atoms with van der Waals surface area (Å²) >= 11 is 0. The van der Waals surface area contributed by atoms with Crippen LogP contribution in [0.5, 0.6) is 0 Å². The third-order valence-corrected chi connectivity index (χ3v) is 25.2. The lowest BCUT2D eigenvalue weighted by Crippen LogP contribution is -2.67. The third kappa shape index (κ3) is 12.9. The molecule has 18 N–H and O–H groups in total. The van der Waals surface area contributed by atoms with Crippen molar-refractivity contribution in [2.24, 2.45) is 50.2 Å². The van der Waals surface area contributed by atoms with Gasteiger partial charge in [-0.05, 0) is 116 Å². The molecule has 4 saturated carbocycles. The predicted octanol–water partition coefficient (Wildman–Crippen LogP) is -4.72. The zero-order valence-electron chi connectivity index (χ0n) is 55.6. The van der Waals surface area contributed by atoms with Crippen LogP contribution in [0, 0.1) is 50.2 Å². The highest BCUT2D eigenvalue weighted by Crippen LogP contribution is 2.76. The summed E-state index contributed by atoms with van der Waals surface area (Å²) in [5, 5.41) is 194. The minimum atomic E-state index is -2.03. The highest BCUT2D eigenvalue weighted by molar-refractivity contribution is 5.79. The maximum atomic E-state index is 15.2. The quantitative estimate of drug-likeness (QED) is 0.0392. The molecule has 37 atom stereocenters. The van der Waals surface area contributed by atoms with Gasteiger partial charge in [-0.2, -0.15) is 0 Å². The lowest BCUT2D eigenvalue weighted by atomic mass is 9.33. The molecule has 0 aromatic heterocycles. The van der Waals surface area contributed by atoms with Crippen molar-refractivity contribution in [2.45, 2.75) is 304 Å². The van der Waals surface area contributed by atoms with E-state index in [-0.39, 0.29) is 46.0 Å². The average molecular weight is 1380 g/mol. The number of rotatable bonds is 16. The molecule has 0 aromatic carbocycles. The third-order valence-electron chi connectivity index (χ3n) is 25.2. The standard InChI is InChI=1S/C65H106O31/c1-25-36(70)51(94-55-48(82)44(78)50(31(22-68)90-55)93-54-46(80)42(76)39(73)30(21-67)89-54)49(83)57(87-25)95-52-37(71)28(69)23-85-58(52)92-35-12-13-62(6)33(61(35,4)5)11-14-64(8)34(62)10-9-26-27-19-60(2,3)15-17-65(27,18-16-63(26,64)7)59(84)96-56-47(81)43(77)40(74)32(91-56)24-86-53-45(79)41(75)38(72)29(20-66)88-53/h9,25,27-58,66-83H,10-24H2,1-8H3/t25-,27+,28-,29-,30-,31+,32-,33-,34+,35+,36+,37-,38+,39-,40-,41+,42+,43-,44+,45-,46+,47+,48+,49-,50+,51+,52+,53-,54-,55+,56+,57+,58-,62-,63+,64+,65+/m1/s1. The molecule has 0 spiro atoms. The highest BCUT2D eigenvalue weighted by Gasteiger charge is 2.71. The van der Waals surface area contributed by atoms with Crippen molar-refractivity contribution in [3.63, 3.8) is 0 Å². The van der Waals surface area contributed by atoms with Gasteiger partial charge in [0.1, 0.15) is 134 Å². The van der Waals surface area contributed by atoms with Crippen molar-refractivity contribution < 1.29 is 154 Å². The van der Waals surface area contributed by atoms with Gasteiger partial charge in [0.25, 0.3) is 0 Å². The summed E-state index contributed by atoms with van der Waals surface area (Å²) < 4.78 is 71.5. The number of allylic oxidation sites excluding steroid dienone is 2. The molecule has 11 rings (SSSR count). The lowest BCUT2D eigenvalue weighted by Gasteiger charge is -2.71. The predicted molar refractivity (Wildman–Crippen MR) is 321 cm³/mol. The molecule has 552 valence electrons. The molecule has 6 saturated heterocycles. The monoisotopic (exact) mass is 1380 g/mol. The molecule has 0 amide bonds. The van der Waals surface area contributed by atoms with E-state index in [1.165, 1.54) is 12.5 Å². The number of hydrogen-bond donors (Lipinski definition) is 18. The van der Waals surface area contributed by atoms with Gasteiger partial charge in [0.05, 0.1) is 50.7 Å². The van der Waals surface area contributed by atoms with Crippen molar-refractivity contribution in [1.29, 1.82) is 0 Å². The zero-order valence-corrected chi connectivity index (χ0v) is 55.6. The summed E-state index contributed by atoms with van der Waals surface area (Å²) in [5.41, 5.74) is -1.49. The molecule has 0 radical (unpaired) electrons. The van der Waals surface area contributed by atoms with Gasteiger partial charge >= 0.3 is 5.97 Å². The molecule has 10 fully saturated rings. The average Bonchev–Trinajstić information content (AvgIpc) is 0.676. The molecule has 0 aromatic rings. The summed E-state index contributed by atoms with van der Waals surface area (Å²) in [5.74, 6) is -0.639. The van der Waals surface area contributed by atoms with Gasteiger partial charge in [-0.1, -0.05) is 60.1 Å². The SMILES string of the molecule is C[C@H]1O[C@@H](O[C@@H]2[C@@H](O[C@H]3CC[C@]4(C)[C@H](CC[C@@]5(C)[C@H]4CC=C4[C@@H]6CC(C)(C)CC[C@]6(C(=O)O[C@@H]6O[C@H](CO[C@@H]7O[C@H](CO)[C@H](O)[C@H](O)[C@H]7O)[C@@H](O)[C@@H](O)[C@@H]6O)CC[C@@]45C)C3(C)C)OC[C@@H](O)[C@H]2O)[C@H](O)[C@@H](O[C@@H]2O[C@@H](CO)[C@H](O[C@H]3O[C@H](CO)[C@@H](O)[C@H](O)[C@@H]3O)[C@@H](O)[C@@H]2O)[C@H]1O. The van der Waals surface area contributed by atoms with Crippen LogP contribution in [-0.2, 0) is 61.6 Å². The highest BCUT2D eigenvalue weighted by atomic mass is 16.8. The number of carbonyl (C=O) groups is 1. The normalized spacial score (nSPS) is 54.1. The van der Waals surface area contributed by atoms with Gasteiger partial charge in [0, 0.05) is 0 Å². The summed E-state index contributed by atoms with van der Waals surface area (Å²) in [6.07, 6.45) is -40.4. The van der Waals surface area contributed by atoms with E-state index in [9.17, 15) is 91.9 Å². The number of aliphatic hydroxyl groups is 18. The summed E-state index contributed by atoms with van der Waals surface area (Å²) in [7, 11) is 0. The van der Waals surface area contributed by atoms with Crippen molar-refractivity contribution in [1.82, 2.24) is 0 Å². The molecule has 0 bridgehead atoms. The van der Waals surface area contributed by atoms with E-state index >= 15 is 4.79 Å². The number of carbonyl (C=O) groups excluding carboxylic acids is 1. The first kappa shape index (κ1) is 75.2. The van der Waals surface area contributed by atoms with Crippen LogP contribution < -0.4 is 0 Å². The fourth-order valence-corrected chi connectivity index (χ4v) is 19.0. The van der Waals surface area contributed by atoms with Crippen LogP contribution in [0.1, 0.15) is 120 Å². The fraction of sp³-hybridized carbons (Fsp3) is 0.954. The van der Waals surface area contributed by atoms with Gasteiger partial charge in [0.2, 0.25) is 6.29 Å². The van der Waals surface area contributed by atoms with Gasteiger partial charge in [0.15, 0.2) is 31.5 Å². The first-order valence-corrected chi connectivity index (χ1v) is 34.1. The Labute approximate surface area is 556 Å². The van der Waals surface area contributed by atoms with Crippen molar-refractivity contribution >= 4 is 5.97 Å². The van der Waals surface area contributed by atoms with Crippen molar-refractivity contribution in [3.05, 3.63) is 11.6 Å². The van der Waals surface area contributed by atoms with E-state index in [0.717, 1.165) is 19.3 Å². The smallest absolute Gasteiger partial charge is 0.315 e. The van der Waals surface area contributed by atoms with Crippen LogP contribution in [0.2, 0.25) is 0 Å².